The fourth-order valence-corrected chi connectivity index (χ4v) is 2.95. The van der Waals surface area contributed by atoms with Crippen molar-refractivity contribution in [2.24, 2.45) is 0 Å². The van der Waals surface area contributed by atoms with Crippen molar-refractivity contribution in [3.63, 3.8) is 0 Å². The van der Waals surface area contributed by atoms with Crippen LogP contribution in [0.5, 0.6) is 0 Å². The summed E-state index contributed by atoms with van der Waals surface area (Å²) in [5.74, 6) is -0.0310. The van der Waals surface area contributed by atoms with Gasteiger partial charge in [-0.2, -0.15) is 0 Å². The molecule has 2 atom stereocenters. The number of nitrogens with zero attached hydrogens (tertiary/aromatic N) is 2. The summed E-state index contributed by atoms with van der Waals surface area (Å²) in [6.45, 7) is 7.08. The molecule has 1 heterocycles. The average Bonchev–Trinajstić information content (AvgIpc) is 3.00. The third kappa shape index (κ3) is 4.55. The largest absolute Gasteiger partial charge is 0.345 e. The number of benzene rings is 1. The minimum Gasteiger partial charge on any atom is -0.345 e. The molecule has 0 saturated heterocycles. The molecular formula is C19H24Cl2N2O. The average molecular weight is 367 g/mol. The topological polar surface area (TPSA) is 25.2 Å². The van der Waals surface area contributed by atoms with Crippen molar-refractivity contribution in [1.29, 1.82) is 0 Å². The number of carbonyl (C=O) groups excluding carboxylic acids is 1. The molecule has 0 N–H and O–H groups in total. The van der Waals surface area contributed by atoms with Gasteiger partial charge in [0.15, 0.2) is 0 Å². The Morgan fingerprint density at radius 1 is 1.21 bits per heavy atom. The first kappa shape index (κ1) is 18.9. The molecule has 5 heteroatoms. The molecule has 3 nitrogen and oxygen atoms in total. The fraction of sp³-hybridized carbons (Fsp3) is 0.421. The van der Waals surface area contributed by atoms with Gasteiger partial charge in [-0.15, -0.1) is 11.6 Å². The number of amides is 1. The Morgan fingerprint density at radius 2 is 1.92 bits per heavy atom. The summed E-state index contributed by atoms with van der Waals surface area (Å²) in [7, 11) is 0. The third-order valence-corrected chi connectivity index (χ3v) is 4.86. The van der Waals surface area contributed by atoms with Crippen molar-refractivity contribution in [3.8, 4) is 0 Å². The predicted molar refractivity (Wildman–Crippen MR) is 101 cm³/mol. The zero-order valence-corrected chi connectivity index (χ0v) is 15.9. The lowest BCUT2D eigenvalue weighted by Crippen LogP contribution is -2.41. The molecule has 0 aliphatic heterocycles. The van der Waals surface area contributed by atoms with Crippen LogP contribution in [-0.2, 0) is 17.9 Å². The summed E-state index contributed by atoms with van der Waals surface area (Å²) in [6, 6.07) is 12.0. The lowest BCUT2D eigenvalue weighted by molar-refractivity contribution is -0.133. The smallest absolute Gasteiger partial charge is 0.240 e. The second-order valence-electron chi connectivity index (χ2n) is 6.06. The van der Waals surface area contributed by atoms with Gasteiger partial charge in [0.1, 0.15) is 5.38 Å². The van der Waals surface area contributed by atoms with Crippen LogP contribution in [0.25, 0.3) is 0 Å². The van der Waals surface area contributed by atoms with Crippen molar-refractivity contribution in [2.75, 3.05) is 0 Å². The molecule has 2 rings (SSSR count). The van der Waals surface area contributed by atoms with Crippen LogP contribution in [0.1, 0.15) is 38.4 Å². The highest BCUT2D eigenvalue weighted by atomic mass is 35.5. The zero-order valence-electron chi connectivity index (χ0n) is 14.4. The Kier molecular flexibility index (Phi) is 6.76. The Bertz CT molecular complexity index is 682. The van der Waals surface area contributed by atoms with E-state index in [0.717, 1.165) is 22.7 Å². The molecule has 0 fully saturated rings. The van der Waals surface area contributed by atoms with Gasteiger partial charge >= 0.3 is 0 Å². The normalized spacial score (nSPS) is 13.5. The van der Waals surface area contributed by atoms with E-state index in [9.17, 15) is 4.79 Å². The summed E-state index contributed by atoms with van der Waals surface area (Å²) >= 11 is 12.3. The van der Waals surface area contributed by atoms with Crippen LogP contribution < -0.4 is 0 Å². The van der Waals surface area contributed by atoms with Gasteiger partial charge in [0.05, 0.1) is 6.54 Å². The minimum absolute atomic E-state index is 0.0310. The monoisotopic (exact) mass is 366 g/mol. The van der Waals surface area contributed by atoms with E-state index in [4.69, 9.17) is 23.2 Å². The lowest BCUT2D eigenvalue weighted by atomic mass is 10.2. The Hall–Kier alpha value is -1.45. The zero-order chi connectivity index (χ0) is 17.7. The maximum atomic E-state index is 12.5. The van der Waals surface area contributed by atoms with Gasteiger partial charge in [0.2, 0.25) is 5.91 Å². The van der Waals surface area contributed by atoms with Crippen molar-refractivity contribution >= 4 is 29.1 Å². The first-order chi connectivity index (χ1) is 11.4. The third-order valence-electron chi connectivity index (χ3n) is 4.30. The molecule has 0 spiro atoms. The van der Waals surface area contributed by atoms with E-state index in [1.54, 1.807) is 6.92 Å². The van der Waals surface area contributed by atoms with Gasteiger partial charge in [-0.3, -0.25) is 4.79 Å². The molecule has 2 unspecified atom stereocenters. The van der Waals surface area contributed by atoms with Gasteiger partial charge in [-0.1, -0.05) is 36.7 Å². The number of halogens is 2. The summed E-state index contributed by atoms with van der Waals surface area (Å²) in [5.41, 5.74) is 2.13. The predicted octanol–water partition coefficient (Wildman–Crippen LogP) is 4.94. The molecule has 1 aromatic carbocycles. The van der Waals surface area contributed by atoms with Crippen LogP contribution in [0.2, 0.25) is 5.02 Å². The molecule has 0 radical (unpaired) electrons. The van der Waals surface area contributed by atoms with Gasteiger partial charge in [0, 0.05) is 29.5 Å². The number of hydrogen-bond donors (Lipinski definition) is 0. The molecule has 0 aliphatic carbocycles. The Labute approximate surface area is 154 Å². The number of hydrogen-bond acceptors (Lipinski definition) is 1. The summed E-state index contributed by atoms with van der Waals surface area (Å²) in [4.78, 5) is 14.3. The van der Waals surface area contributed by atoms with Crippen molar-refractivity contribution in [3.05, 3.63) is 58.9 Å². The summed E-state index contributed by atoms with van der Waals surface area (Å²) in [6.07, 6.45) is 2.91. The highest BCUT2D eigenvalue weighted by Crippen LogP contribution is 2.19. The maximum Gasteiger partial charge on any atom is 0.240 e. The first-order valence-corrected chi connectivity index (χ1v) is 9.07. The Morgan fingerprint density at radius 3 is 2.54 bits per heavy atom. The quantitative estimate of drug-likeness (QED) is 0.636. The second kappa shape index (κ2) is 8.59. The van der Waals surface area contributed by atoms with E-state index in [1.165, 1.54) is 0 Å². The van der Waals surface area contributed by atoms with Crippen LogP contribution in [0.15, 0.2) is 42.6 Å². The maximum absolute atomic E-state index is 12.5. The lowest BCUT2D eigenvalue weighted by Gasteiger charge is -2.30. The summed E-state index contributed by atoms with van der Waals surface area (Å²) < 4.78 is 2.13. The first-order valence-electron chi connectivity index (χ1n) is 8.26. The van der Waals surface area contributed by atoms with E-state index >= 15 is 0 Å². The van der Waals surface area contributed by atoms with Crippen LogP contribution >= 0.6 is 23.2 Å². The number of carbonyl (C=O) groups is 1. The van der Waals surface area contributed by atoms with E-state index in [2.05, 4.69) is 18.4 Å². The summed E-state index contributed by atoms with van der Waals surface area (Å²) in [5, 5.41) is 0.229. The van der Waals surface area contributed by atoms with Crippen LogP contribution in [0.3, 0.4) is 0 Å². The number of aromatic nitrogens is 1. The highest BCUT2D eigenvalue weighted by Gasteiger charge is 2.23. The van der Waals surface area contributed by atoms with Crippen molar-refractivity contribution in [1.82, 2.24) is 9.47 Å². The molecule has 0 aliphatic rings. The van der Waals surface area contributed by atoms with Crippen LogP contribution in [-0.4, -0.2) is 26.8 Å². The number of rotatable bonds is 7. The molecule has 130 valence electrons. The molecule has 2 aromatic rings. The van der Waals surface area contributed by atoms with E-state index in [1.807, 2.05) is 47.5 Å². The van der Waals surface area contributed by atoms with E-state index in [-0.39, 0.29) is 11.9 Å². The van der Waals surface area contributed by atoms with Crippen LogP contribution in [0.4, 0.5) is 0 Å². The number of alkyl halides is 1. The Balaban J connectivity index is 2.22. The van der Waals surface area contributed by atoms with Gasteiger partial charge in [-0.05, 0) is 44.0 Å². The minimum atomic E-state index is -0.522. The molecule has 0 saturated carbocycles. The molecule has 24 heavy (non-hydrogen) atoms. The van der Waals surface area contributed by atoms with Crippen LogP contribution in [0, 0.1) is 0 Å². The van der Waals surface area contributed by atoms with Crippen molar-refractivity contribution in [2.45, 2.75) is 51.7 Å². The highest BCUT2D eigenvalue weighted by molar-refractivity contribution is 6.31. The molecule has 1 aromatic heterocycles. The van der Waals surface area contributed by atoms with Gasteiger partial charge in [-0.25, -0.2) is 0 Å². The standard InChI is InChI=1S/C19H24Cl2N2O/c1-4-14(2)23(19(24)15(3)20)13-17-9-7-11-22(17)12-16-8-5-6-10-18(16)21/h5-11,14-15H,4,12-13H2,1-3H3. The van der Waals surface area contributed by atoms with Gasteiger partial charge in [0.25, 0.3) is 0 Å². The molecular weight excluding hydrogens is 343 g/mol. The van der Waals surface area contributed by atoms with Gasteiger partial charge < -0.3 is 9.47 Å². The fourth-order valence-electron chi connectivity index (χ4n) is 2.63. The second-order valence-corrected chi connectivity index (χ2v) is 7.12. The van der Waals surface area contributed by atoms with E-state index in [0.29, 0.717) is 13.1 Å². The van der Waals surface area contributed by atoms with Crippen molar-refractivity contribution < 1.29 is 4.79 Å². The molecule has 0 bridgehead atoms. The SMILES string of the molecule is CCC(C)N(Cc1cccn1Cc1ccccc1Cl)C(=O)C(C)Cl. The molecule has 1 amide bonds. The van der Waals surface area contributed by atoms with E-state index < -0.39 is 5.38 Å².